The summed E-state index contributed by atoms with van der Waals surface area (Å²) < 4.78 is 2.04. The first kappa shape index (κ1) is 14.1. The molecule has 0 atom stereocenters. The zero-order valence-electron chi connectivity index (χ0n) is 12.9. The maximum Gasteiger partial charge on any atom is 0.158 e. The molecule has 0 aliphatic heterocycles. The molecule has 4 nitrogen and oxygen atoms in total. The quantitative estimate of drug-likeness (QED) is 0.939. The van der Waals surface area contributed by atoms with Crippen LogP contribution in [-0.2, 0) is 6.42 Å². The molecule has 0 aromatic carbocycles. The standard InChI is InChI=1S/C17H24N4/c1-3-14(18)16-11-21-9-8-19-17(21)15(20-16)10-13-6-4-12(2)5-7-13/h3,8-9,11-13H,4-7,10,18H2,1-2H3/b14-3-. The minimum atomic E-state index is 0.726. The number of imidazole rings is 1. The zero-order chi connectivity index (χ0) is 14.8. The maximum atomic E-state index is 6.04. The van der Waals surface area contributed by atoms with Crippen LogP contribution in [0.2, 0.25) is 0 Å². The third-order valence-corrected chi connectivity index (χ3v) is 4.67. The first-order chi connectivity index (χ1) is 10.2. The van der Waals surface area contributed by atoms with Gasteiger partial charge in [-0.25, -0.2) is 9.97 Å². The van der Waals surface area contributed by atoms with E-state index in [9.17, 15) is 0 Å². The van der Waals surface area contributed by atoms with E-state index < -0.39 is 0 Å². The number of nitrogens with zero attached hydrogens (tertiary/aromatic N) is 3. The summed E-state index contributed by atoms with van der Waals surface area (Å²) in [7, 11) is 0. The number of aromatic nitrogens is 3. The lowest BCUT2D eigenvalue weighted by Crippen LogP contribution is -2.16. The molecule has 0 radical (unpaired) electrons. The molecule has 4 heteroatoms. The molecule has 2 heterocycles. The van der Waals surface area contributed by atoms with Gasteiger partial charge in [0.25, 0.3) is 0 Å². The summed E-state index contributed by atoms with van der Waals surface area (Å²) >= 11 is 0. The second-order valence-corrected chi connectivity index (χ2v) is 6.30. The summed E-state index contributed by atoms with van der Waals surface area (Å²) in [5.41, 5.74) is 9.67. The van der Waals surface area contributed by atoms with Crippen LogP contribution in [0.1, 0.15) is 50.9 Å². The van der Waals surface area contributed by atoms with Crippen molar-refractivity contribution >= 4 is 11.3 Å². The van der Waals surface area contributed by atoms with Crippen molar-refractivity contribution in [3.63, 3.8) is 0 Å². The second-order valence-electron chi connectivity index (χ2n) is 6.30. The molecule has 1 aliphatic rings. The topological polar surface area (TPSA) is 56.2 Å². The lowest BCUT2D eigenvalue weighted by Gasteiger charge is -2.26. The number of hydrogen-bond acceptors (Lipinski definition) is 3. The Labute approximate surface area is 126 Å². The van der Waals surface area contributed by atoms with Crippen molar-refractivity contribution in [3.8, 4) is 0 Å². The Hall–Kier alpha value is -1.84. The summed E-state index contributed by atoms with van der Waals surface area (Å²) in [5, 5.41) is 0. The predicted octanol–water partition coefficient (Wildman–Crippen LogP) is 3.42. The van der Waals surface area contributed by atoms with Crippen LogP contribution in [0.5, 0.6) is 0 Å². The van der Waals surface area contributed by atoms with Crippen LogP contribution in [0.25, 0.3) is 11.3 Å². The van der Waals surface area contributed by atoms with Crippen LogP contribution in [-0.4, -0.2) is 14.4 Å². The van der Waals surface area contributed by atoms with E-state index >= 15 is 0 Å². The van der Waals surface area contributed by atoms with Crippen molar-refractivity contribution < 1.29 is 0 Å². The van der Waals surface area contributed by atoms with E-state index in [1.807, 2.05) is 36.0 Å². The lowest BCUT2D eigenvalue weighted by molar-refractivity contribution is 0.287. The van der Waals surface area contributed by atoms with Gasteiger partial charge in [-0.15, -0.1) is 0 Å². The Balaban J connectivity index is 1.91. The van der Waals surface area contributed by atoms with E-state index in [0.717, 1.165) is 41.0 Å². The number of allylic oxidation sites excluding steroid dienone is 1. The molecule has 2 aromatic rings. The van der Waals surface area contributed by atoms with Crippen molar-refractivity contribution in [2.24, 2.45) is 17.6 Å². The van der Waals surface area contributed by atoms with Gasteiger partial charge in [-0.3, -0.25) is 0 Å². The van der Waals surface area contributed by atoms with Crippen LogP contribution >= 0.6 is 0 Å². The smallest absolute Gasteiger partial charge is 0.158 e. The average molecular weight is 284 g/mol. The van der Waals surface area contributed by atoms with Gasteiger partial charge in [0.15, 0.2) is 5.65 Å². The van der Waals surface area contributed by atoms with Gasteiger partial charge in [0, 0.05) is 18.6 Å². The number of hydrogen-bond donors (Lipinski definition) is 1. The van der Waals surface area contributed by atoms with Gasteiger partial charge in [-0.2, -0.15) is 0 Å². The summed E-state index contributed by atoms with van der Waals surface area (Å²) in [5.74, 6) is 1.61. The monoisotopic (exact) mass is 284 g/mol. The second kappa shape index (κ2) is 5.88. The van der Waals surface area contributed by atoms with Gasteiger partial charge < -0.3 is 10.1 Å². The van der Waals surface area contributed by atoms with Gasteiger partial charge in [0.05, 0.1) is 11.4 Å². The highest BCUT2D eigenvalue weighted by molar-refractivity contribution is 5.60. The molecular formula is C17H24N4. The SMILES string of the molecule is C/C=C(\N)c1cn2ccnc2c(CC2CCC(C)CC2)n1. The maximum absolute atomic E-state index is 6.04. The third-order valence-electron chi connectivity index (χ3n) is 4.67. The van der Waals surface area contributed by atoms with E-state index in [2.05, 4.69) is 11.9 Å². The molecule has 21 heavy (non-hydrogen) atoms. The summed E-state index contributed by atoms with van der Waals surface area (Å²) in [6.45, 7) is 4.30. The molecule has 3 rings (SSSR count). The van der Waals surface area contributed by atoms with Gasteiger partial charge in [-0.05, 0) is 38.0 Å². The molecule has 0 saturated heterocycles. The van der Waals surface area contributed by atoms with Crippen LogP contribution < -0.4 is 5.73 Å². The Kier molecular flexibility index (Phi) is 3.95. The Morgan fingerprint density at radius 3 is 2.86 bits per heavy atom. The molecule has 0 unspecified atom stereocenters. The fourth-order valence-corrected chi connectivity index (χ4v) is 3.23. The number of fused-ring (bicyclic) bond motifs is 1. The van der Waals surface area contributed by atoms with Crippen molar-refractivity contribution in [1.82, 2.24) is 14.4 Å². The van der Waals surface area contributed by atoms with Crippen LogP contribution in [0.4, 0.5) is 0 Å². The summed E-state index contributed by atoms with van der Waals surface area (Å²) in [6.07, 6.45) is 14.0. The summed E-state index contributed by atoms with van der Waals surface area (Å²) in [6, 6.07) is 0. The largest absolute Gasteiger partial charge is 0.397 e. The highest BCUT2D eigenvalue weighted by Crippen LogP contribution is 2.31. The fraction of sp³-hybridized carbons (Fsp3) is 0.529. The van der Waals surface area contributed by atoms with E-state index in [0.29, 0.717) is 0 Å². The Bertz CT molecular complexity index is 648. The van der Waals surface area contributed by atoms with Gasteiger partial charge in [-0.1, -0.05) is 25.8 Å². The Morgan fingerprint density at radius 1 is 1.38 bits per heavy atom. The van der Waals surface area contributed by atoms with E-state index in [1.54, 1.807) is 0 Å². The minimum absolute atomic E-state index is 0.726. The van der Waals surface area contributed by atoms with Crippen LogP contribution in [0.15, 0.2) is 24.7 Å². The number of rotatable bonds is 3. The third kappa shape index (κ3) is 2.94. The van der Waals surface area contributed by atoms with E-state index in [1.165, 1.54) is 25.7 Å². The summed E-state index contributed by atoms with van der Waals surface area (Å²) in [4.78, 5) is 9.25. The Morgan fingerprint density at radius 2 is 2.14 bits per heavy atom. The van der Waals surface area contributed by atoms with Crippen molar-refractivity contribution in [2.45, 2.75) is 46.0 Å². The first-order valence-corrected chi connectivity index (χ1v) is 7.92. The van der Waals surface area contributed by atoms with Crippen LogP contribution in [0, 0.1) is 11.8 Å². The van der Waals surface area contributed by atoms with Crippen molar-refractivity contribution in [2.75, 3.05) is 0 Å². The average Bonchev–Trinajstić information content (AvgIpc) is 2.97. The van der Waals surface area contributed by atoms with Gasteiger partial charge in [0.1, 0.15) is 5.69 Å². The minimum Gasteiger partial charge on any atom is -0.397 e. The molecular weight excluding hydrogens is 260 g/mol. The van der Waals surface area contributed by atoms with Crippen molar-refractivity contribution in [1.29, 1.82) is 0 Å². The van der Waals surface area contributed by atoms with E-state index in [4.69, 9.17) is 10.7 Å². The number of nitrogens with two attached hydrogens (primary N) is 1. The predicted molar refractivity (Wildman–Crippen MR) is 85.7 cm³/mol. The molecule has 112 valence electrons. The molecule has 1 fully saturated rings. The molecule has 0 bridgehead atoms. The van der Waals surface area contributed by atoms with E-state index in [-0.39, 0.29) is 0 Å². The molecule has 2 N–H and O–H groups in total. The van der Waals surface area contributed by atoms with Gasteiger partial charge >= 0.3 is 0 Å². The normalized spacial score (nSPS) is 23.6. The molecule has 2 aromatic heterocycles. The van der Waals surface area contributed by atoms with Crippen LogP contribution in [0.3, 0.4) is 0 Å². The first-order valence-electron chi connectivity index (χ1n) is 7.92. The zero-order valence-corrected chi connectivity index (χ0v) is 12.9. The fourth-order valence-electron chi connectivity index (χ4n) is 3.23. The molecule has 1 aliphatic carbocycles. The molecule has 0 amide bonds. The van der Waals surface area contributed by atoms with Crippen molar-refractivity contribution in [3.05, 3.63) is 36.1 Å². The van der Waals surface area contributed by atoms with Gasteiger partial charge in [0.2, 0.25) is 0 Å². The highest BCUT2D eigenvalue weighted by Gasteiger charge is 2.20. The molecule has 1 saturated carbocycles. The highest BCUT2D eigenvalue weighted by atomic mass is 15.0. The lowest BCUT2D eigenvalue weighted by atomic mass is 9.81. The molecule has 0 spiro atoms.